The highest BCUT2D eigenvalue weighted by Crippen LogP contribution is 2.38. The molecule has 0 aromatic heterocycles. The number of nitrogens with one attached hydrogen (secondary N) is 1. The Labute approximate surface area is 197 Å². The van der Waals surface area contributed by atoms with Gasteiger partial charge in [0.25, 0.3) is 0 Å². The number of carbonyl (C=O) groups excluding carboxylic acids is 1. The normalized spacial score (nSPS) is 15.6. The minimum absolute atomic E-state index is 0.00900. The average molecular weight is 475 g/mol. The molecule has 0 saturated carbocycles. The van der Waals surface area contributed by atoms with Crippen LogP contribution in [-0.4, -0.2) is 40.3 Å². The van der Waals surface area contributed by atoms with E-state index in [0.717, 1.165) is 17.7 Å². The number of anilines is 2. The SMILES string of the molecule is COc1ccc(CCS(=O)(=O)Nc2ccc3c(c2)OCC(C)(C)C(=O)N3CCC(C)C)cc1. The summed E-state index contributed by atoms with van der Waals surface area (Å²) in [6.45, 7) is 8.79. The maximum atomic E-state index is 13.1. The molecule has 1 heterocycles. The first kappa shape index (κ1) is 24.9. The van der Waals surface area contributed by atoms with Gasteiger partial charge in [-0.3, -0.25) is 9.52 Å². The van der Waals surface area contributed by atoms with Crippen LogP contribution in [0.4, 0.5) is 11.4 Å². The molecule has 7 nitrogen and oxygen atoms in total. The van der Waals surface area contributed by atoms with Crippen molar-refractivity contribution in [3.05, 3.63) is 48.0 Å². The van der Waals surface area contributed by atoms with Gasteiger partial charge in [-0.15, -0.1) is 0 Å². The molecule has 0 atom stereocenters. The lowest BCUT2D eigenvalue weighted by Crippen LogP contribution is -2.42. The maximum absolute atomic E-state index is 13.1. The molecule has 0 unspecified atom stereocenters. The minimum Gasteiger partial charge on any atom is -0.497 e. The number of sulfonamides is 1. The Morgan fingerprint density at radius 2 is 1.85 bits per heavy atom. The van der Waals surface area contributed by atoms with Crippen LogP contribution in [0.2, 0.25) is 0 Å². The fourth-order valence-corrected chi connectivity index (χ4v) is 4.69. The van der Waals surface area contributed by atoms with E-state index in [2.05, 4.69) is 18.6 Å². The van der Waals surface area contributed by atoms with Crippen molar-refractivity contribution in [3.63, 3.8) is 0 Å². The third-order valence-electron chi connectivity index (χ3n) is 5.69. The van der Waals surface area contributed by atoms with Crippen molar-refractivity contribution in [1.29, 1.82) is 0 Å². The molecule has 0 fully saturated rings. The van der Waals surface area contributed by atoms with E-state index in [0.29, 0.717) is 36.0 Å². The molecule has 8 heteroatoms. The number of methoxy groups -OCH3 is 1. The second-order valence-corrected chi connectivity index (χ2v) is 11.4. The van der Waals surface area contributed by atoms with Gasteiger partial charge < -0.3 is 14.4 Å². The number of carbonyl (C=O) groups is 1. The van der Waals surface area contributed by atoms with Gasteiger partial charge in [0, 0.05) is 12.6 Å². The van der Waals surface area contributed by atoms with E-state index >= 15 is 0 Å². The molecule has 1 aliphatic heterocycles. The molecular weight excluding hydrogens is 440 g/mol. The maximum Gasteiger partial charge on any atom is 0.236 e. The summed E-state index contributed by atoms with van der Waals surface area (Å²) < 4.78 is 39.1. The summed E-state index contributed by atoms with van der Waals surface area (Å²) in [5.74, 6) is 1.64. The van der Waals surface area contributed by atoms with Crippen LogP contribution in [-0.2, 0) is 21.2 Å². The van der Waals surface area contributed by atoms with E-state index in [1.54, 1.807) is 30.2 Å². The minimum atomic E-state index is -3.57. The second-order valence-electron chi connectivity index (χ2n) is 9.51. The quantitative estimate of drug-likeness (QED) is 0.579. The van der Waals surface area contributed by atoms with Gasteiger partial charge in [0.15, 0.2) is 0 Å². The van der Waals surface area contributed by atoms with Crippen molar-refractivity contribution in [2.24, 2.45) is 11.3 Å². The number of hydrogen-bond acceptors (Lipinski definition) is 5. The molecule has 0 aliphatic carbocycles. The first-order chi connectivity index (χ1) is 15.5. The van der Waals surface area contributed by atoms with E-state index < -0.39 is 15.4 Å². The van der Waals surface area contributed by atoms with Gasteiger partial charge in [0.05, 0.1) is 29.7 Å². The van der Waals surface area contributed by atoms with Gasteiger partial charge in [0.1, 0.15) is 18.1 Å². The Bertz CT molecular complexity index is 1080. The van der Waals surface area contributed by atoms with Crippen LogP contribution in [0, 0.1) is 11.3 Å². The third-order valence-corrected chi connectivity index (χ3v) is 6.97. The number of amides is 1. The van der Waals surface area contributed by atoms with Gasteiger partial charge in [-0.25, -0.2) is 8.42 Å². The van der Waals surface area contributed by atoms with Crippen LogP contribution in [0.15, 0.2) is 42.5 Å². The van der Waals surface area contributed by atoms with Crippen molar-refractivity contribution in [3.8, 4) is 11.5 Å². The zero-order chi connectivity index (χ0) is 24.2. The highest BCUT2D eigenvalue weighted by molar-refractivity contribution is 7.92. The molecule has 33 heavy (non-hydrogen) atoms. The van der Waals surface area contributed by atoms with Crippen LogP contribution in [0.25, 0.3) is 0 Å². The first-order valence-electron chi connectivity index (χ1n) is 11.2. The number of fused-ring (bicyclic) bond motifs is 1. The number of ether oxygens (including phenoxy) is 2. The Morgan fingerprint density at radius 1 is 1.15 bits per heavy atom. The third kappa shape index (κ3) is 6.41. The average Bonchev–Trinajstić information content (AvgIpc) is 2.85. The van der Waals surface area contributed by atoms with Crippen LogP contribution in [0.1, 0.15) is 39.7 Å². The van der Waals surface area contributed by atoms with Gasteiger partial charge in [0.2, 0.25) is 15.9 Å². The zero-order valence-electron chi connectivity index (χ0n) is 20.1. The van der Waals surface area contributed by atoms with E-state index in [-0.39, 0.29) is 18.3 Å². The van der Waals surface area contributed by atoms with Crippen molar-refractivity contribution in [2.75, 3.05) is 35.6 Å². The summed E-state index contributed by atoms with van der Waals surface area (Å²) in [7, 11) is -1.98. The molecule has 1 N–H and O–H groups in total. The summed E-state index contributed by atoms with van der Waals surface area (Å²) in [4.78, 5) is 14.9. The van der Waals surface area contributed by atoms with Gasteiger partial charge in [-0.05, 0) is 62.4 Å². The second kappa shape index (κ2) is 10.0. The fourth-order valence-electron chi connectivity index (χ4n) is 3.60. The Kier molecular flexibility index (Phi) is 7.57. The smallest absolute Gasteiger partial charge is 0.236 e. The molecule has 2 aromatic rings. The van der Waals surface area contributed by atoms with Gasteiger partial charge in [-0.2, -0.15) is 0 Å². The van der Waals surface area contributed by atoms with E-state index in [1.165, 1.54) is 0 Å². The number of aryl methyl sites for hydroxylation is 1. The summed E-state index contributed by atoms with van der Waals surface area (Å²) in [5, 5.41) is 0. The fraction of sp³-hybridized carbons (Fsp3) is 0.480. The lowest BCUT2D eigenvalue weighted by molar-refractivity contribution is -0.127. The largest absolute Gasteiger partial charge is 0.497 e. The monoisotopic (exact) mass is 474 g/mol. The molecule has 0 saturated heterocycles. The molecule has 1 amide bonds. The van der Waals surface area contributed by atoms with Crippen molar-refractivity contribution in [2.45, 2.75) is 40.5 Å². The standard InChI is InChI=1S/C25H34N2O5S/c1-18(2)12-14-27-22-11-8-20(16-23(22)32-17-25(3,4)24(27)28)26-33(29,30)15-13-19-6-9-21(31-5)10-7-19/h6-11,16,18,26H,12-15,17H2,1-5H3. The molecule has 3 rings (SSSR count). The van der Waals surface area contributed by atoms with Crippen LogP contribution >= 0.6 is 0 Å². The predicted molar refractivity (Wildman–Crippen MR) is 132 cm³/mol. The Morgan fingerprint density at radius 3 is 2.48 bits per heavy atom. The van der Waals surface area contributed by atoms with Crippen molar-refractivity contribution in [1.82, 2.24) is 0 Å². The van der Waals surface area contributed by atoms with Crippen LogP contribution in [0.3, 0.4) is 0 Å². The Hall–Kier alpha value is -2.74. The summed E-state index contributed by atoms with van der Waals surface area (Å²) in [6, 6.07) is 12.4. The first-order valence-corrected chi connectivity index (χ1v) is 12.9. The Balaban J connectivity index is 1.76. The molecule has 0 spiro atoms. The highest BCUT2D eigenvalue weighted by Gasteiger charge is 2.37. The van der Waals surface area contributed by atoms with E-state index in [1.807, 2.05) is 38.1 Å². The zero-order valence-corrected chi connectivity index (χ0v) is 20.9. The molecule has 0 radical (unpaired) electrons. The highest BCUT2D eigenvalue weighted by atomic mass is 32.2. The lowest BCUT2D eigenvalue weighted by atomic mass is 9.92. The van der Waals surface area contributed by atoms with Crippen LogP contribution < -0.4 is 19.1 Å². The number of hydrogen-bond donors (Lipinski definition) is 1. The molecule has 2 aromatic carbocycles. The summed E-state index contributed by atoms with van der Waals surface area (Å²) in [6.07, 6.45) is 1.24. The molecular formula is C25H34N2O5S. The van der Waals surface area contributed by atoms with E-state index in [9.17, 15) is 13.2 Å². The molecule has 180 valence electrons. The van der Waals surface area contributed by atoms with Gasteiger partial charge >= 0.3 is 0 Å². The summed E-state index contributed by atoms with van der Waals surface area (Å²) >= 11 is 0. The number of nitrogens with zero attached hydrogens (tertiary/aromatic N) is 1. The van der Waals surface area contributed by atoms with Crippen LogP contribution in [0.5, 0.6) is 11.5 Å². The predicted octanol–water partition coefficient (Wildman–Crippen LogP) is 4.48. The molecule has 0 bridgehead atoms. The van der Waals surface area contributed by atoms with Crippen molar-refractivity contribution < 1.29 is 22.7 Å². The summed E-state index contributed by atoms with van der Waals surface area (Å²) in [5.41, 5.74) is 1.33. The molecule has 1 aliphatic rings. The lowest BCUT2D eigenvalue weighted by Gasteiger charge is -2.28. The van der Waals surface area contributed by atoms with E-state index in [4.69, 9.17) is 9.47 Å². The number of benzene rings is 2. The van der Waals surface area contributed by atoms with Crippen molar-refractivity contribution >= 4 is 27.3 Å². The van der Waals surface area contributed by atoms with Gasteiger partial charge in [-0.1, -0.05) is 26.0 Å². The number of rotatable bonds is 9. The topological polar surface area (TPSA) is 84.9 Å².